The van der Waals surface area contributed by atoms with Crippen molar-refractivity contribution in [3.8, 4) is 40.0 Å². The summed E-state index contributed by atoms with van der Waals surface area (Å²) >= 11 is 0. The standard InChI is InChI=1S/C27H23N3O4/c1-4-17-9-11-18(12-10-17)25-28-26(34-29-25)22-16-30(27(31)21-8-6-5-7-20(21)22)19-13-14-23(32-2)24(15-19)33-3/h5-16H,4H2,1-3H3. The first-order valence-electron chi connectivity index (χ1n) is 10.9. The summed E-state index contributed by atoms with van der Waals surface area (Å²) in [6, 6.07) is 20.8. The van der Waals surface area contributed by atoms with Crippen molar-refractivity contribution in [3.05, 3.63) is 88.8 Å². The maximum atomic E-state index is 13.4. The molecule has 5 aromatic rings. The number of pyridine rings is 1. The molecule has 0 N–H and O–H groups in total. The van der Waals surface area contributed by atoms with E-state index in [1.165, 1.54) is 5.56 Å². The molecule has 0 aliphatic carbocycles. The maximum Gasteiger partial charge on any atom is 0.262 e. The van der Waals surface area contributed by atoms with E-state index in [4.69, 9.17) is 14.0 Å². The molecule has 0 saturated carbocycles. The van der Waals surface area contributed by atoms with Gasteiger partial charge in [0, 0.05) is 28.6 Å². The highest BCUT2D eigenvalue weighted by atomic mass is 16.5. The van der Waals surface area contributed by atoms with Crippen molar-refractivity contribution < 1.29 is 14.0 Å². The van der Waals surface area contributed by atoms with Crippen LogP contribution in [0.25, 0.3) is 39.3 Å². The molecule has 170 valence electrons. The minimum Gasteiger partial charge on any atom is -0.493 e. The van der Waals surface area contributed by atoms with Gasteiger partial charge in [-0.05, 0) is 30.2 Å². The van der Waals surface area contributed by atoms with Crippen LogP contribution >= 0.6 is 0 Å². The minimum atomic E-state index is -0.165. The Balaban J connectivity index is 1.67. The Morgan fingerprint density at radius 2 is 1.65 bits per heavy atom. The minimum absolute atomic E-state index is 0.165. The summed E-state index contributed by atoms with van der Waals surface area (Å²) in [4.78, 5) is 18.0. The Bertz CT molecular complexity index is 1530. The van der Waals surface area contributed by atoms with Crippen LogP contribution < -0.4 is 15.0 Å². The summed E-state index contributed by atoms with van der Waals surface area (Å²) in [6.07, 6.45) is 2.69. The fourth-order valence-electron chi connectivity index (χ4n) is 3.97. The van der Waals surface area contributed by atoms with Gasteiger partial charge < -0.3 is 14.0 Å². The monoisotopic (exact) mass is 453 g/mol. The lowest BCUT2D eigenvalue weighted by Crippen LogP contribution is -2.18. The Labute approximate surface area is 196 Å². The number of rotatable bonds is 6. The average Bonchev–Trinajstić information content (AvgIpc) is 3.39. The number of nitrogens with zero attached hydrogens (tertiary/aromatic N) is 3. The van der Waals surface area contributed by atoms with Gasteiger partial charge in [-0.15, -0.1) is 0 Å². The summed E-state index contributed by atoms with van der Waals surface area (Å²) in [5, 5.41) is 5.47. The molecular formula is C27H23N3O4. The summed E-state index contributed by atoms with van der Waals surface area (Å²) in [6.45, 7) is 2.11. The Kier molecular flexibility index (Phi) is 5.59. The van der Waals surface area contributed by atoms with Gasteiger partial charge >= 0.3 is 0 Å². The van der Waals surface area contributed by atoms with Gasteiger partial charge in [-0.2, -0.15) is 4.98 Å². The third kappa shape index (κ3) is 3.71. The topological polar surface area (TPSA) is 79.4 Å². The number of methoxy groups -OCH3 is 2. The molecule has 0 aliphatic heterocycles. The zero-order valence-corrected chi connectivity index (χ0v) is 19.1. The smallest absolute Gasteiger partial charge is 0.262 e. The average molecular weight is 453 g/mol. The first-order chi connectivity index (χ1) is 16.6. The molecule has 34 heavy (non-hydrogen) atoms. The fourth-order valence-corrected chi connectivity index (χ4v) is 3.97. The molecule has 0 aliphatic rings. The second-order valence-electron chi connectivity index (χ2n) is 7.78. The van der Waals surface area contributed by atoms with Gasteiger partial charge in [-0.1, -0.05) is 54.5 Å². The lowest BCUT2D eigenvalue weighted by molar-refractivity contribution is 0.355. The lowest BCUT2D eigenvalue weighted by atomic mass is 10.1. The third-order valence-corrected chi connectivity index (χ3v) is 5.85. The number of benzene rings is 3. The number of aryl methyl sites for hydroxylation is 1. The summed E-state index contributed by atoms with van der Waals surface area (Å²) < 4.78 is 18.0. The highest BCUT2D eigenvalue weighted by molar-refractivity contribution is 5.94. The van der Waals surface area contributed by atoms with Gasteiger partial charge in [0.05, 0.1) is 25.5 Å². The predicted molar refractivity (Wildman–Crippen MR) is 131 cm³/mol. The molecule has 0 bridgehead atoms. The van der Waals surface area contributed by atoms with Crippen molar-refractivity contribution in [1.29, 1.82) is 0 Å². The van der Waals surface area contributed by atoms with Crippen molar-refractivity contribution in [1.82, 2.24) is 14.7 Å². The molecule has 0 spiro atoms. The molecular weight excluding hydrogens is 430 g/mol. The molecule has 0 fully saturated rings. The Morgan fingerprint density at radius 1 is 0.912 bits per heavy atom. The van der Waals surface area contributed by atoms with Crippen LogP contribution in [0.15, 0.2) is 82.2 Å². The van der Waals surface area contributed by atoms with Crippen LogP contribution in [0.4, 0.5) is 0 Å². The first-order valence-corrected chi connectivity index (χ1v) is 10.9. The molecule has 0 radical (unpaired) electrons. The number of hydrogen-bond acceptors (Lipinski definition) is 6. The summed E-state index contributed by atoms with van der Waals surface area (Å²) in [5.74, 6) is 1.93. The fraction of sp³-hybridized carbons (Fsp3) is 0.148. The van der Waals surface area contributed by atoms with Crippen molar-refractivity contribution >= 4 is 10.8 Å². The largest absolute Gasteiger partial charge is 0.493 e. The van der Waals surface area contributed by atoms with E-state index in [0.29, 0.717) is 39.9 Å². The SMILES string of the molecule is CCc1ccc(-c2noc(-c3cn(-c4ccc(OC)c(OC)c4)c(=O)c4ccccc34)n2)cc1. The molecule has 7 nitrogen and oxygen atoms in total. The quantitative estimate of drug-likeness (QED) is 0.348. The maximum absolute atomic E-state index is 13.4. The van der Waals surface area contributed by atoms with Crippen LogP contribution in [-0.2, 0) is 6.42 Å². The molecule has 0 unspecified atom stereocenters. The molecule has 0 saturated heterocycles. The van der Waals surface area contributed by atoms with E-state index in [1.54, 1.807) is 49.2 Å². The Hall–Kier alpha value is -4.39. The van der Waals surface area contributed by atoms with Crippen LogP contribution in [0.5, 0.6) is 11.5 Å². The third-order valence-electron chi connectivity index (χ3n) is 5.85. The summed E-state index contributed by atoms with van der Waals surface area (Å²) in [7, 11) is 3.13. The van der Waals surface area contributed by atoms with E-state index in [9.17, 15) is 4.79 Å². The van der Waals surface area contributed by atoms with Crippen molar-refractivity contribution in [2.24, 2.45) is 0 Å². The van der Waals surface area contributed by atoms with E-state index in [1.807, 2.05) is 30.3 Å². The van der Waals surface area contributed by atoms with Gasteiger partial charge in [0.2, 0.25) is 5.82 Å². The van der Waals surface area contributed by atoms with Gasteiger partial charge in [0.25, 0.3) is 11.4 Å². The van der Waals surface area contributed by atoms with Crippen molar-refractivity contribution in [2.75, 3.05) is 14.2 Å². The molecule has 2 aromatic heterocycles. The number of hydrogen-bond donors (Lipinski definition) is 0. The second-order valence-corrected chi connectivity index (χ2v) is 7.78. The summed E-state index contributed by atoms with van der Waals surface area (Å²) in [5.41, 5.74) is 3.23. The van der Waals surface area contributed by atoms with E-state index in [2.05, 4.69) is 29.2 Å². The van der Waals surface area contributed by atoms with E-state index in [-0.39, 0.29) is 5.56 Å². The van der Waals surface area contributed by atoms with E-state index in [0.717, 1.165) is 17.4 Å². The molecule has 7 heteroatoms. The van der Waals surface area contributed by atoms with Crippen LogP contribution in [0.3, 0.4) is 0 Å². The normalized spacial score (nSPS) is 11.0. The highest BCUT2D eigenvalue weighted by Gasteiger charge is 2.18. The van der Waals surface area contributed by atoms with E-state index < -0.39 is 0 Å². The predicted octanol–water partition coefficient (Wildman–Crippen LogP) is 5.29. The lowest BCUT2D eigenvalue weighted by Gasteiger charge is -2.13. The van der Waals surface area contributed by atoms with Crippen LogP contribution in [0, 0.1) is 0 Å². The van der Waals surface area contributed by atoms with Crippen LogP contribution in [-0.4, -0.2) is 28.9 Å². The van der Waals surface area contributed by atoms with Gasteiger partial charge in [-0.25, -0.2) is 0 Å². The van der Waals surface area contributed by atoms with Crippen LogP contribution in [0.2, 0.25) is 0 Å². The molecule has 5 rings (SSSR count). The molecule has 0 amide bonds. The van der Waals surface area contributed by atoms with Gasteiger partial charge in [0.15, 0.2) is 11.5 Å². The first kappa shape index (κ1) is 21.5. The molecule has 0 atom stereocenters. The van der Waals surface area contributed by atoms with E-state index >= 15 is 0 Å². The van der Waals surface area contributed by atoms with Crippen LogP contribution in [0.1, 0.15) is 12.5 Å². The highest BCUT2D eigenvalue weighted by Crippen LogP contribution is 2.31. The van der Waals surface area contributed by atoms with Crippen molar-refractivity contribution in [3.63, 3.8) is 0 Å². The molecule has 3 aromatic carbocycles. The zero-order chi connectivity index (χ0) is 23.7. The zero-order valence-electron chi connectivity index (χ0n) is 19.1. The van der Waals surface area contributed by atoms with Gasteiger partial charge in [0.1, 0.15) is 0 Å². The number of ether oxygens (including phenoxy) is 2. The number of aromatic nitrogens is 3. The van der Waals surface area contributed by atoms with Gasteiger partial charge in [-0.3, -0.25) is 9.36 Å². The number of fused-ring (bicyclic) bond motifs is 1. The van der Waals surface area contributed by atoms with Crippen molar-refractivity contribution in [2.45, 2.75) is 13.3 Å². The second kappa shape index (κ2) is 8.86. The Morgan fingerprint density at radius 3 is 2.35 bits per heavy atom. The molecule has 2 heterocycles.